The van der Waals surface area contributed by atoms with Crippen molar-refractivity contribution in [2.24, 2.45) is 0 Å². The van der Waals surface area contributed by atoms with Crippen LogP contribution in [0.1, 0.15) is 24.2 Å². The van der Waals surface area contributed by atoms with Gasteiger partial charge >= 0.3 is 0 Å². The lowest BCUT2D eigenvalue weighted by Crippen LogP contribution is -2.34. The number of amides is 1. The number of carbonyl (C=O) groups is 1. The van der Waals surface area contributed by atoms with E-state index in [4.69, 9.17) is 10.5 Å². The summed E-state index contributed by atoms with van der Waals surface area (Å²) in [4.78, 5) is 27.6. The highest BCUT2D eigenvalue weighted by atomic mass is 16.6. The number of hydrogen-bond donors (Lipinski definition) is 1. The summed E-state index contributed by atoms with van der Waals surface area (Å²) < 4.78 is 5.20. The molecular formula is C12H18N4O4. The summed E-state index contributed by atoms with van der Waals surface area (Å²) in [5, 5.41) is 10.7. The van der Waals surface area contributed by atoms with Crippen molar-refractivity contribution in [3.05, 3.63) is 27.9 Å². The van der Waals surface area contributed by atoms with E-state index in [1.807, 2.05) is 13.8 Å². The average Bonchev–Trinajstić information content (AvgIpc) is 2.43. The van der Waals surface area contributed by atoms with Gasteiger partial charge in [-0.3, -0.25) is 14.9 Å². The Hall–Kier alpha value is -2.22. The molecule has 0 aliphatic rings. The predicted molar refractivity (Wildman–Crippen MR) is 73.4 cm³/mol. The van der Waals surface area contributed by atoms with Gasteiger partial charge in [0, 0.05) is 25.8 Å². The van der Waals surface area contributed by atoms with Gasteiger partial charge in [0.05, 0.1) is 17.1 Å². The van der Waals surface area contributed by atoms with Crippen molar-refractivity contribution in [2.75, 3.05) is 32.0 Å². The molecule has 0 bridgehead atoms. The number of carbonyl (C=O) groups excluding carboxylic acids is 1. The van der Waals surface area contributed by atoms with E-state index < -0.39 is 4.92 Å². The Morgan fingerprint density at radius 3 is 2.80 bits per heavy atom. The zero-order chi connectivity index (χ0) is 15.1. The predicted octanol–water partition coefficient (Wildman–Crippen LogP) is 1.07. The van der Waals surface area contributed by atoms with Gasteiger partial charge in [0.2, 0.25) is 0 Å². The quantitative estimate of drug-likeness (QED) is 0.455. The maximum absolute atomic E-state index is 12.3. The number of nitrogens with zero attached hydrogens (tertiary/aromatic N) is 3. The van der Waals surface area contributed by atoms with Crippen LogP contribution >= 0.6 is 0 Å². The van der Waals surface area contributed by atoms with Crippen molar-refractivity contribution in [1.82, 2.24) is 9.88 Å². The molecule has 0 saturated carbocycles. The number of hydrogen-bond acceptors (Lipinski definition) is 6. The molecule has 110 valence electrons. The maximum atomic E-state index is 12.3. The fourth-order valence-electron chi connectivity index (χ4n) is 1.63. The summed E-state index contributed by atoms with van der Waals surface area (Å²) in [5.41, 5.74) is 5.40. The lowest BCUT2D eigenvalue weighted by molar-refractivity contribution is -0.385. The van der Waals surface area contributed by atoms with E-state index in [-0.39, 0.29) is 23.0 Å². The van der Waals surface area contributed by atoms with Crippen molar-refractivity contribution < 1.29 is 14.5 Å². The molecule has 8 heteroatoms. The highest BCUT2D eigenvalue weighted by molar-refractivity contribution is 5.98. The first-order valence-corrected chi connectivity index (χ1v) is 6.28. The average molecular weight is 282 g/mol. The third-order valence-corrected chi connectivity index (χ3v) is 2.72. The first-order valence-electron chi connectivity index (χ1n) is 6.28. The van der Waals surface area contributed by atoms with Crippen LogP contribution in [0.15, 0.2) is 12.3 Å². The van der Waals surface area contributed by atoms with Gasteiger partial charge in [0.1, 0.15) is 12.0 Å². The number of anilines is 1. The van der Waals surface area contributed by atoms with Crippen molar-refractivity contribution >= 4 is 17.4 Å². The Bertz CT molecular complexity index is 492. The van der Waals surface area contributed by atoms with E-state index in [2.05, 4.69) is 4.98 Å². The van der Waals surface area contributed by atoms with Crippen LogP contribution < -0.4 is 5.73 Å². The number of ether oxygens (including phenoxy) is 1. The Balaban J connectivity index is 2.93. The van der Waals surface area contributed by atoms with Gasteiger partial charge in [-0.25, -0.2) is 4.98 Å². The van der Waals surface area contributed by atoms with Crippen molar-refractivity contribution in [2.45, 2.75) is 13.8 Å². The molecule has 8 nitrogen and oxygen atoms in total. The fourth-order valence-corrected chi connectivity index (χ4v) is 1.63. The highest BCUT2D eigenvalue weighted by Gasteiger charge is 2.20. The Kier molecular flexibility index (Phi) is 5.85. The second kappa shape index (κ2) is 7.39. The number of likely N-dealkylation sites (N-methyl/N-ethyl adjacent to an activating group) is 1. The zero-order valence-electron chi connectivity index (χ0n) is 11.5. The molecule has 0 spiro atoms. The normalized spacial score (nSPS) is 10.3. The molecule has 2 N–H and O–H groups in total. The second-order valence-electron chi connectivity index (χ2n) is 3.97. The minimum atomic E-state index is -0.611. The molecule has 1 aromatic rings. The molecule has 20 heavy (non-hydrogen) atoms. The van der Waals surface area contributed by atoms with Gasteiger partial charge in [0.15, 0.2) is 0 Å². The Labute approximate surface area is 116 Å². The number of nitrogen functional groups attached to an aromatic ring is 1. The third-order valence-electron chi connectivity index (χ3n) is 2.72. The molecule has 0 aliphatic heterocycles. The third kappa shape index (κ3) is 3.89. The van der Waals surface area contributed by atoms with Crippen molar-refractivity contribution in [3.63, 3.8) is 0 Å². The summed E-state index contributed by atoms with van der Waals surface area (Å²) in [7, 11) is 0. The molecule has 0 radical (unpaired) electrons. The summed E-state index contributed by atoms with van der Waals surface area (Å²) in [6, 6.07) is 1.15. The smallest absolute Gasteiger partial charge is 0.288 e. The van der Waals surface area contributed by atoms with Crippen LogP contribution in [0.3, 0.4) is 0 Å². The lowest BCUT2D eigenvalue weighted by atomic mass is 10.2. The molecule has 0 saturated heterocycles. The molecule has 0 aromatic carbocycles. The van der Waals surface area contributed by atoms with E-state index in [0.29, 0.717) is 26.3 Å². The largest absolute Gasteiger partial charge is 0.383 e. The Morgan fingerprint density at radius 2 is 2.25 bits per heavy atom. The van der Waals surface area contributed by atoms with Crippen LogP contribution in [0.4, 0.5) is 11.5 Å². The number of rotatable bonds is 7. The van der Waals surface area contributed by atoms with Crippen LogP contribution in [0.5, 0.6) is 0 Å². The molecule has 0 unspecified atom stereocenters. The first kappa shape index (κ1) is 15.8. The number of pyridine rings is 1. The van der Waals surface area contributed by atoms with Gasteiger partial charge in [-0.15, -0.1) is 0 Å². The molecule has 0 atom stereocenters. The summed E-state index contributed by atoms with van der Waals surface area (Å²) in [5.74, 6) is -0.406. The molecule has 1 amide bonds. The summed E-state index contributed by atoms with van der Waals surface area (Å²) in [6.07, 6.45) is 1.03. The molecule has 1 aromatic heterocycles. The molecule has 1 rings (SSSR count). The van der Waals surface area contributed by atoms with Crippen molar-refractivity contribution in [3.8, 4) is 0 Å². The van der Waals surface area contributed by atoms with E-state index in [1.165, 1.54) is 4.90 Å². The standard InChI is InChI=1S/C12H18N4O4/c1-3-15(5-6-20-4-2)12(17)10-7-9(16(18)19)8-14-11(10)13/h7-8H,3-6H2,1-2H3,(H2,13,14). The molecular weight excluding hydrogens is 264 g/mol. The van der Waals surface area contributed by atoms with Crippen LogP contribution in [0.2, 0.25) is 0 Å². The number of nitro groups is 1. The molecule has 1 heterocycles. The van der Waals surface area contributed by atoms with Gasteiger partial charge in [0.25, 0.3) is 11.6 Å². The van der Waals surface area contributed by atoms with E-state index in [9.17, 15) is 14.9 Å². The molecule has 0 aliphatic carbocycles. The minimum absolute atomic E-state index is 0.0181. The van der Waals surface area contributed by atoms with Gasteiger partial charge in [-0.05, 0) is 13.8 Å². The monoisotopic (exact) mass is 282 g/mol. The van der Waals surface area contributed by atoms with Crippen LogP contribution in [-0.2, 0) is 4.74 Å². The van der Waals surface area contributed by atoms with Gasteiger partial charge < -0.3 is 15.4 Å². The van der Waals surface area contributed by atoms with E-state index >= 15 is 0 Å². The maximum Gasteiger partial charge on any atom is 0.288 e. The molecule has 0 fully saturated rings. The summed E-state index contributed by atoms with van der Waals surface area (Å²) in [6.45, 7) is 5.48. The van der Waals surface area contributed by atoms with Gasteiger partial charge in [-0.1, -0.05) is 0 Å². The SMILES string of the molecule is CCOCCN(CC)C(=O)c1cc([N+](=O)[O-])cnc1N. The zero-order valence-corrected chi connectivity index (χ0v) is 11.5. The van der Waals surface area contributed by atoms with Crippen molar-refractivity contribution in [1.29, 1.82) is 0 Å². The van der Waals surface area contributed by atoms with E-state index in [0.717, 1.165) is 12.3 Å². The first-order chi connectivity index (χ1) is 9.51. The fraction of sp³-hybridized carbons (Fsp3) is 0.500. The van der Waals surface area contributed by atoms with Crippen LogP contribution in [0, 0.1) is 10.1 Å². The Morgan fingerprint density at radius 1 is 1.55 bits per heavy atom. The van der Waals surface area contributed by atoms with Gasteiger partial charge in [-0.2, -0.15) is 0 Å². The van der Waals surface area contributed by atoms with Crippen LogP contribution in [0.25, 0.3) is 0 Å². The van der Waals surface area contributed by atoms with E-state index in [1.54, 1.807) is 0 Å². The number of nitrogens with two attached hydrogens (primary N) is 1. The highest BCUT2D eigenvalue weighted by Crippen LogP contribution is 2.18. The second-order valence-corrected chi connectivity index (χ2v) is 3.97. The topological polar surface area (TPSA) is 112 Å². The van der Waals surface area contributed by atoms with Crippen LogP contribution in [-0.4, -0.2) is 47.0 Å². The lowest BCUT2D eigenvalue weighted by Gasteiger charge is -2.21. The number of aromatic nitrogens is 1. The minimum Gasteiger partial charge on any atom is -0.383 e. The summed E-state index contributed by atoms with van der Waals surface area (Å²) >= 11 is 0.